The second-order valence-electron chi connectivity index (χ2n) is 10.3. The molecule has 1 aromatic carbocycles. The van der Waals surface area contributed by atoms with Crippen molar-refractivity contribution in [1.29, 1.82) is 0 Å². The normalized spacial score (nSPS) is 22.2. The molecule has 234 valence electrons. The van der Waals surface area contributed by atoms with Crippen molar-refractivity contribution in [1.82, 2.24) is 9.80 Å². The third-order valence-corrected chi connectivity index (χ3v) is 8.58. The molecule has 7 nitrogen and oxygen atoms in total. The lowest BCUT2D eigenvalue weighted by Gasteiger charge is -2.46. The van der Waals surface area contributed by atoms with E-state index in [9.17, 15) is 31.5 Å². The van der Waals surface area contributed by atoms with Crippen LogP contribution in [0, 0.1) is 0 Å². The summed E-state index contributed by atoms with van der Waals surface area (Å²) in [5, 5.41) is 0. The second-order valence-corrected chi connectivity index (χ2v) is 11.3. The van der Waals surface area contributed by atoms with Gasteiger partial charge in [-0.1, -0.05) is 18.7 Å². The number of piperazine rings is 1. The topological polar surface area (TPSA) is 65.5 Å². The molecule has 0 N–H and O–H groups in total. The molecule has 0 spiro atoms. The molecule has 2 amide bonds. The number of thioether (sulfide) groups is 1. The van der Waals surface area contributed by atoms with Gasteiger partial charge in [-0.05, 0) is 38.5 Å². The number of methoxy groups -OCH3 is 1. The Morgan fingerprint density at radius 2 is 1.88 bits per heavy atom. The number of hydrogen-bond acceptors (Lipinski definition) is 5. The van der Waals surface area contributed by atoms with Gasteiger partial charge in [0, 0.05) is 67.2 Å². The first-order valence-electron chi connectivity index (χ1n) is 13.5. The molecule has 1 fully saturated rings. The third-order valence-electron chi connectivity index (χ3n) is 7.33. The van der Waals surface area contributed by atoms with Crippen LogP contribution in [0.1, 0.15) is 37.5 Å². The van der Waals surface area contributed by atoms with Gasteiger partial charge in [0.1, 0.15) is 11.7 Å². The largest absolute Gasteiger partial charge is 0.417 e. The molecular weight excluding hydrogens is 591 g/mol. The number of rotatable bonds is 8. The van der Waals surface area contributed by atoms with Crippen molar-refractivity contribution >= 4 is 41.7 Å². The van der Waals surface area contributed by atoms with Crippen molar-refractivity contribution in [2.75, 3.05) is 44.5 Å². The van der Waals surface area contributed by atoms with E-state index in [-0.39, 0.29) is 82.9 Å². The number of carbonyl (C=O) groups is 2. The average molecular weight is 627 g/mol. The van der Waals surface area contributed by atoms with Crippen LogP contribution >= 0.6 is 11.8 Å². The number of allylic oxidation sites excluding steroid dienone is 4. The number of amidine groups is 1. The number of amides is 2. The number of alkyl halides is 3. The van der Waals surface area contributed by atoms with E-state index in [1.807, 2.05) is 18.7 Å². The molecular formula is C30H35F5N4O3S. The number of ether oxygens (including phenoxy) is 1. The van der Waals surface area contributed by atoms with Gasteiger partial charge in [0.15, 0.2) is 0 Å². The van der Waals surface area contributed by atoms with Crippen LogP contribution in [-0.2, 0) is 20.5 Å². The lowest BCUT2D eigenvalue weighted by atomic mass is 9.96. The van der Waals surface area contributed by atoms with Gasteiger partial charge >= 0.3 is 6.18 Å². The highest BCUT2D eigenvalue weighted by Gasteiger charge is 2.41. The van der Waals surface area contributed by atoms with E-state index in [1.165, 1.54) is 32.1 Å². The molecule has 13 heteroatoms. The van der Waals surface area contributed by atoms with Crippen LogP contribution in [0.4, 0.5) is 27.6 Å². The second kappa shape index (κ2) is 14.3. The molecule has 2 heterocycles. The van der Waals surface area contributed by atoms with Crippen molar-refractivity contribution < 1.29 is 36.3 Å². The minimum atomic E-state index is -4.83. The fourth-order valence-corrected chi connectivity index (χ4v) is 6.78. The predicted molar refractivity (Wildman–Crippen MR) is 159 cm³/mol. The van der Waals surface area contributed by atoms with E-state index in [0.717, 1.165) is 30.0 Å². The highest BCUT2D eigenvalue weighted by atomic mass is 32.2. The van der Waals surface area contributed by atoms with E-state index in [1.54, 1.807) is 4.90 Å². The van der Waals surface area contributed by atoms with Gasteiger partial charge in [0.05, 0.1) is 30.2 Å². The number of nitrogens with zero attached hydrogens (tertiary/aromatic N) is 4. The zero-order valence-electron chi connectivity index (χ0n) is 24.6. The van der Waals surface area contributed by atoms with Crippen molar-refractivity contribution in [2.24, 2.45) is 4.99 Å². The Kier molecular flexibility index (Phi) is 11.4. The molecule has 0 aromatic heterocycles. The van der Waals surface area contributed by atoms with Crippen LogP contribution in [0.5, 0.6) is 0 Å². The Morgan fingerprint density at radius 3 is 2.40 bits per heavy atom. The first-order chi connectivity index (χ1) is 20.3. The maximum atomic E-state index is 14.7. The summed E-state index contributed by atoms with van der Waals surface area (Å²) >= 11 is 1.13. The summed E-state index contributed by atoms with van der Waals surface area (Å²) < 4.78 is 76.1. The number of fused-ring (bicyclic) bond motifs is 1. The van der Waals surface area contributed by atoms with E-state index >= 15 is 0 Å². The molecule has 1 aromatic rings. The molecule has 0 radical (unpaired) electrons. The average Bonchev–Trinajstić information content (AvgIpc) is 2.95. The number of anilines is 1. The standard InChI is InChI=1S/C30H35F5N4O3S/c1-7-26(41)39-19(3)13-37(14-20(39)4)29(36-5)23-12-24(30(33,34)35)22(9-8-18(2)25(32)10-11-31)28-27(23)38(17-40)21(15-42-6)16-43-28/h7-12,17,19-21H,1,13-16H2,2-6H3/b9-8+,11-10+,25-18+,36-29?. The van der Waals surface area contributed by atoms with Crippen LogP contribution in [0.3, 0.4) is 0 Å². The lowest BCUT2D eigenvalue weighted by molar-refractivity contribution is -0.138. The van der Waals surface area contributed by atoms with Gasteiger partial charge in [-0.25, -0.2) is 8.78 Å². The molecule has 0 saturated carbocycles. The van der Waals surface area contributed by atoms with Crippen LogP contribution in [0.2, 0.25) is 0 Å². The third kappa shape index (κ3) is 7.20. The van der Waals surface area contributed by atoms with Gasteiger partial charge in [0.2, 0.25) is 12.3 Å². The Balaban J connectivity index is 2.31. The zero-order chi connectivity index (χ0) is 32.1. The fourth-order valence-electron chi connectivity index (χ4n) is 5.48. The first-order valence-corrected chi connectivity index (χ1v) is 14.4. The van der Waals surface area contributed by atoms with Crippen molar-refractivity contribution in [2.45, 2.75) is 50.0 Å². The number of halogens is 5. The maximum absolute atomic E-state index is 14.7. The minimum absolute atomic E-state index is 0.00132. The molecule has 1 saturated heterocycles. The quantitative estimate of drug-likeness (QED) is 0.0883. The summed E-state index contributed by atoms with van der Waals surface area (Å²) in [6.45, 7) is 9.21. The van der Waals surface area contributed by atoms with Crippen LogP contribution < -0.4 is 4.90 Å². The summed E-state index contributed by atoms with van der Waals surface area (Å²) in [5.74, 6) is -0.735. The molecule has 0 aliphatic carbocycles. The fraction of sp³-hybridized carbons (Fsp3) is 0.433. The zero-order valence-corrected chi connectivity index (χ0v) is 25.4. The van der Waals surface area contributed by atoms with Crippen LogP contribution in [0.25, 0.3) is 6.08 Å². The number of carbonyl (C=O) groups excluding carboxylic acids is 2. The predicted octanol–water partition coefficient (Wildman–Crippen LogP) is 6.01. The number of aliphatic imine (C=N–C) groups is 1. The van der Waals surface area contributed by atoms with Gasteiger partial charge in [-0.2, -0.15) is 13.2 Å². The number of hydrogen-bond donors (Lipinski definition) is 0. The smallest absolute Gasteiger partial charge is 0.383 e. The van der Waals surface area contributed by atoms with Crippen molar-refractivity contribution in [3.05, 3.63) is 65.3 Å². The SMILES string of the molecule is C=CC(=O)N1C(C)CN(C(=NC)c2cc(C(F)(F)F)c(/C=C/C(C)=C(F)\C=C\F)c3c2N(C=O)C(COC)CS3)CC1C. The van der Waals surface area contributed by atoms with Gasteiger partial charge in [-0.3, -0.25) is 14.6 Å². The number of benzene rings is 1. The van der Waals surface area contributed by atoms with E-state index in [0.29, 0.717) is 12.5 Å². The van der Waals surface area contributed by atoms with Crippen molar-refractivity contribution in [3.8, 4) is 0 Å². The molecule has 2 aliphatic rings. The maximum Gasteiger partial charge on any atom is 0.417 e. The summed E-state index contributed by atoms with van der Waals surface area (Å²) in [6.07, 6.45) is -0.215. The molecule has 3 unspecified atom stereocenters. The molecule has 0 bridgehead atoms. The monoisotopic (exact) mass is 626 g/mol. The van der Waals surface area contributed by atoms with Gasteiger partial charge in [0.25, 0.3) is 0 Å². The Labute approximate surface area is 252 Å². The van der Waals surface area contributed by atoms with E-state index in [4.69, 9.17) is 4.74 Å². The Hall–Kier alpha value is -3.45. The van der Waals surface area contributed by atoms with Crippen LogP contribution in [-0.4, -0.2) is 85.7 Å². The van der Waals surface area contributed by atoms with Crippen LogP contribution in [0.15, 0.2) is 58.5 Å². The first kappa shape index (κ1) is 34.0. The van der Waals surface area contributed by atoms with Crippen molar-refractivity contribution in [3.63, 3.8) is 0 Å². The molecule has 3 atom stereocenters. The minimum Gasteiger partial charge on any atom is -0.383 e. The van der Waals surface area contributed by atoms with Gasteiger partial charge < -0.3 is 19.4 Å². The highest BCUT2D eigenvalue weighted by molar-refractivity contribution is 7.99. The molecule has 43 heavy (non-hydrogen) atoms. The highest BCUT2D eigenvalue weighted by Crippen LogP contribution is 2.48. The molecule has 3 rings (SSSR count). The van der Waals surface area contributed by atoms with E-state index < -0.39 is 23.6 Å². The summed E-state index contributed by atoms with van der Waals surface area (Å²) in [7, 11) is 2.93. The Bertz CT molecular complexity index is 1350. The summed E-state index contributed by atoms with van der Waals surface area (Å²) in [6, 6.07) is -0.154. The summed E-state index contributed by atoms with van der Waals surface area (Å²) in [5.41, 5.74) is -1.04. The summed E-state index contributed by atoms with van der Waals surface area (Å²) in [4.78, 5) is 34.4. The Morgan fingerprint density at radius 1 is 1.23 bits per heavy atom. The van der Waals surface area contributed by atoms with Gasteiger partial charge in [-0.15, -0.1) is 11.8 Å². The van der Waals surface area contributed by atoms with E-state index in [2.05, 4.69) is 11.6 Å². The lowest BCUT2D eigenvalue weighted by Crippen LogP contribution is -2.59. The molecule has 2 aliphatic heterocycles.